The number of likely N-dealkylation sites (tertiary alicyclic amines) is 1. The van der Waals surface area contributed by atoms with Gasteiger partial charge in [0.1, 0.15) is 5.75 Å². The molecule has 23 heavy (non-hydrogen) atoms. The van der Waals surface area contributed by atoms with Crippen LogP contribution in [0.5, 0.6) is 5.75 Å². The Morgan fingerprint density at radius 1 is 1.48 bits per heavy atom. The molecule has 0 saturated carbocycles. The largest absolute Gasteiger partial charge is 0.496 e. The molecule has 1 aromatic carbocycles. The molecule has 1 amide bonds. The minimum Gasteiger partial charge on any atom is -0.496 e. The molecule has 1 aliphatic heterocycles. The van der Waals surface area contributed by atoms with Crippen molar-refractivity contribution in [2.24, 2.45) is 0 Å². The lowest BCUT2D eigenvalue weighted by Crippen LogP contribution is -2.40. The van der Waals surface area contributed by atoms with Gasteiger partial charge in [0.05, 0.1) is 26.0 Å². The molecule has 128 valence electrons. The molecule has 0 bridgehead atoms. The highest BCUT2D eigenvalue weighted by Crippen LogP contribution is 2.38. The minimum absolute atomic E-state index is 0.0945. The summed E-state index contributed by atoms with van der Waals surface area (Å²) in [6, 6.07) is 5.61. The third kappa shape index (κ3) is 4.24. The van der Waals surface area contributed by atoms with Crippen molar-refractivity contribution >= 4 is 31.9 Å². The van der Waals surface area contributed by atoms with Crippen molar-refractivity contribution < 1.29 is 17.9 Å². The van der Waals surface area contributed by atoms with Crippen LogP contribution >= 0.6 is 15.9 Å². The van der Waals surface area contributed by atoms with Crippen molar-refractivity contribution in [3.8, 4) is 5.75 Å². The van der Waals surface area contributed by atoms with Crippen molar-refractivity contribution in [1.29, 1.82) is 0 Å². The Balaban J connectivity index is 2.24. The van der Waals surface area contributed by atoms with E-state index in [2.05, 4.69) is 15.9 Å². The molecule has 0 N–H and O–H groups in total. The Kier molecular flexibility index (Phi) is 5.70. The Morgan fingerprint density at radius 2 is 2.17 bits per heavy atom. The molecule has 1 saturated heterocycles. The van der Waals surface area contributed by atoms with Crippen LogP contribution in [-0.2, 0) is 14.8 Å². The molecule has 6 nitrogen and oxygen atoms in total. The number of halogens is 1. The average Bonchev–Trinajstić information content (AvgIpc) is 2.95. The van der Waals surface area contributed by atoms with E-state index in [0.717, 1.165) is 39.2 Å². The summed E-state index contributed by atoms with van der Waals surface area (Å²) in [6.45, 7) is 0.475. The first kappa shape index (κ1) is 18.2. The molecule has 0 radical (unpaired) electrons. The number of carbonyl (C=O) groups is 1. The van der Waals surface area contributed by atoms with Crippen LogP contribution in [0, 0.1) is 0 Å². The first-order chi connectivity index (χ1) is 10.7. The van der Waals surface area contributed by atoms with Crippen molar-refractivity contribution in [1.82, 2.24) is 9.21 Å². The van der Waals surface area contributed by atoms with Gasteiger partial charge in [-0.25, -0.2) is 8.42 Å². The highest BCUT2D eigenvalue weighted by atomic mass is 79.9. The third-order valence-electron chi connectivity index (χ3n) is 4.05. The van der Waals surface area contributed by atoms with Gasteiger partial charge in [0.25, 0.3) is 0 Å². The summed E-state index contributed by atoms with van der Waals surface area (Å²) in [5.41, 5.74) is 0.940. The summed E-state index contributed by atoms with van der Waals surface area (Å²) >= 11 is 3.45. The molecule has 1 aliphatic rings. The number of nitrogens with zero attached hydrogens (tertiary/aromatic N) is 2. The van der Waals surface area contributed by atoms with Gasteiger partial charge in [-0.05, 0) is 31.0 Å². The topological polar surface area (TPSA) is 66.9 Å². The third-order valence-corrected chi connectivity index (χ3v) is 5.80. The van der Waals surface area contributed by atoms with Gasteiger partial charge in [-0.15, -0.1) is 0 Å². The summed E-state index contributed by atoms with van der Waals surface area (Å²) in [5, 5.41) is 0. The van der Waals surface area contributed by atoms with E-state index in [1.165, 1.54) is 7.05 Å². The lowest BCUT2D eigenvalue weighted by atomic mass is 10.0. The number of hydrogen-bond acceptors (Lipinski definition) is 4. The van der Waals surface area contributed by atoms with Gasteiger partial charge in [-0.3, -0.25) is 4.79 Å². The van der Waals surface area contributed by atoms with E-state index in [4.69, 9.17) is 4.74 Å². The molecule has 1 heterocycles. The zero-order valence-corrected chi connectivity index (χ0v) is 15.9. The van der Waals surface area contributed by atoms with Crippen LogP contribution in [0.4, 0.5) is 0 Å². The number of amides is 1. The van der Waals surface area contributed by atoms with Crippen LogP contribution in [0.1, 0.15) is 24.4 Å². The molecule has 0 aliphatic carbocycles. The molecule has 8 heteroatoms. The maximum Gasteiger partial charge on any atom is 0.238 e. The maximum atomic E-state index is 12.5. The molecule has 2 rings (SSSR count). The van der Waals surface area contributed by atoms with Crippen molar-refractivity contribution in [3.05, 3.63) is 28.2 Å². The summed E-state index contributed by atoms with van der Waals surface area (Å²) in [6.07, 6.45) is 2.81. The number of hydrogen-bond donors (Lipinski definition) is 0. The number of methoxy groups -OCH3 is 1. The van der Waals surface area contributed by atoms with Gasteiger partial charge in [-0.1, -0.05) is 15.9 Å². The van der Waals surface area contributed by atoms with Gasteiger partial charge in [0, 0.05) is 23.6 Å². The fourth-order valence-electron chi connectivity index (χ4n) is 2.75. The minimum atomic E-state index is -3.38. The zero-order valence-electron chi connectivity index (χ0n) is 13.5. The van der Waals surface area contributed by atoms with Gasteiger partial charge >= 0.3 is 0 Å². The SMILES string of the molecule is COc1ccc(Br)cc1C1CCCN1C(=O)CN(C)S(C)(=O)=O. The lowest BCUT2D eigenvalue weighted by Gasteiger charge is -2.28. The van der Waals surface area contributed by atoms with Gasteiger partial charge in [-0.2, -0.15) is 4.31 Å². The number of ether oxygens (including phenoxy) is 1. The summed E-state index contributed by atoms with van der Waals surface area (Å²) in [5.74, 6) is 0.539. The number of likely N-dealkylation sites (N-methyl/N-ethyl adjacent to an activating group) is 1. The highest BCUT2D eigenvalue weighted by Gasteiger charge is 2.33. The normalized spacial score (nSPS) is 18.5. The van der Waals surface area contributed by atoms with Crippen molar-refractivity contribution in [2.45, 2.75) is 18.9 Å². The van der Waals surface area contributed by atoms with E-state index in [1.54, 1.807) is 12.0 Å². The van der Waals surface area contributed by atoms with Gasteiger partial charge in [0.2, 0.25) is 15.9 Å². The smallest absolute Gasteiger partial charge is 0.238 e. The first-order valence-electron chi connectivity index (χ1n) is 7.28. The fraction of sp³-hybridized carbons (Fsp3) is 0.533. The molecule has 1 atom stereocenters. The molecular formula is C15H21BrN2O4S. The number of sulfonamides is 1. The van der Waals surface area contributed by atoms with Crippen LogP contribution in [0.3, 0.4) is 0 Å². The lowest BCUT2D eigenvalue weighted by molar-refractivity contribution is -0.132. The van der Waals surface area contributed by atoms with E-state index in [1.807, 2.05) is 18.2 Å². The van der Waals surface area contributed by atoms with Crippen LogP contribution in [0.2, 0.25) is 0 Å². The number of rotatable bonds is 5. The number of carbonyl (C=O) groups excluding carboxylic acids is 1. The second-order valence-corrected chi connectivity index (χ2v) is 8.66. The predicted molar refractivity (Wildman–Crippen MR) is 91.9 cm³/mol. The Labute approximate surface area is 145 Å². The Bertz CT molecular complexity index is 693. The van der Waals surface area contributed by atoms with E-state index in [9.17, 15) is 13.2 Å². The second-order valence-electron chi connectivity index (χ2n) is 5.65. The van der Waals surface area contributed by atoms with E-state index in [0.29, 0.717) is 6.54 Å². The highest BCUT2D eigenvalue weighted by molar-refractivity contribution is 9.10. The monoisotopic (exact) mass is 404 g/mol. The number of benzene rings is 1. The quantitative estimate of drug-likeness (QED) is 0.752. The van der Waals surface area contributed by atoms with Crippen LogP contribution < -0.4 is 4.74 Å². The van der Waals surface area contributed by atoms with Crippen LogP contribution in [-0.4, -0.2) is 57.0 Å². The Morgan fingerprint density at radius 3 is 2.78 bits per heavy atom. The Hall–Kier alpha value is -1.12. The van der Waals surface area contributed by atoms with E-state index < -0.39 is 10.0 Å². The molecule has 0 aromatic heterocycles. The molecular weight excluding hydrogens is 384 g/mol. The fourth-order valence-corrected chi connectivity index (χ4v) is 3.48. The average molecular weight is 405 g/mol. The summed E-state index contributed by atoms with van der Waals surface area (Å²) in [7, 11) is -0.358. The summed E-state index contributed by atoms with van der Waals surface area (Å²) < 4.78 is 30.4. The van der Waals surface area contributed by atoms with Crippen molar-refractivity contribution in [2.75, 3.05) is 33.5 Å². The zero-order chi connectivity index (χ0) is 17.2. The first-order valence-corrected chi connectivity index (χ1v) is 9.92. The molecule has 0 spiro atoms. The maximum absolute atomic E-state index is 12.5. The summed E-state index contributed by atoms with van der Waals surface area (Å²) in [4.78, 5) is 14.3. The van der Waals surface area contributed by atoms with Crippen LogP contribution in [0.25, 0.3) is 0 Å². The molecule has 1 fully saturated rings. The molecule has 1 aromatic rings. The van der Waals surface area contributed by atoms with Crippen molar-refractivity contribution in [3.63, 3.8) is 0 Å². The van der Waals surface area contributed by atoms with Crippen LogP contribution in [0.15, 0.2) is 22.7 Å². The van der Waals surface area contributed by atoms with Gasteiger partial charge < -0.3 is 9.64 Å². The van der Waals surface area contributed by atoms with Gasteiger partial charge in [0.15, 0.2) is 0 Å². The second kappa shape index (κ2) is 7.19. The molecule has 1 unspecified atom stereocenters. The standard InChI is InChI=1S/C15H21BrN2O4S/c1-17(23(3,20)21)10-15(19)18-8-4-5-13(18)12-9-11(16)6-7-14(12)22-2/h6-7,9,13H,4-5,8,10H2,1-3H3. The predicted octanol–water partition coefficient (Wildman–Crippen LogP) is 2.01. The van der Waals surface area contributed by atoms with E-state index in [-0.39, 0.29) is 18.5 Å². The van der Waals surface area contributed by atoms with E-state index >= 15 is 0 Å².